The Bertz CT molecular complexity index is 2130. The van der Waals surface area contributed by atoms with Crippen molar-refractivity contribution in [2.45, 2.75) is 0 Å². The summed E-state index contributed by atoms with van der Waals surface area (Å²) in [6.45, 7) is 0. The molecule has 0 amide bonds. The van der Waals surface area contributed by atoms with Gasteiger partial charge in [0.15, 0.2) is 0 Å². The first kappa shape index (κ1) is 20.0. The zero-order chi connectivity index (χ0) is 24.5. The van der Waals surface area contributed by atoms with Gasteiger partial charge in [0.05, 0.1) is 11.6 Å². The molecule has 0 aliphatic rings. The molecule has 0 radical (unpaired) electrons. The summed E-state index contributed by atoms with van der Waals surface area (Å²) >= 11 is 0. The lowest BCUT2D eigenvalue weighted by atomic mass is 9.89. The van der Waals surface area contributed by atoms with Crippen LogP contribution in [0.3, 0.4) is 0 Å². The molecule has 0 aliphatic heterocycles. The Balaban J connectivity index is 1.33. The van der Waals surface area contributed by atoms with Gasteiger partial charge in [-0.15, -0.1) is 0 Å². The smallest absolute Gasteiger partial charge is 0.135 e. The van der Waals surface area contributed by atoms with Crippen LogP contribution in [0.4, 0.5) is 0 Å². The molecule has 8 rings (SSSR count). The van der Waals surface area contributed by atoms with Crippen LogP contribution < -0.4 is 0 Å². The predicted octanol–water partition coefficient (Wildman–Crippen LogP) is 9.08. The molecule has 0 bridgehead atoms. The van der Waals surface area contributed by atoms with Gasteiger partial charge in [-0.1, -0.05) is 36.4 Å². The minimum Gasteiger partial charge on any atom is -0.456 e. The molecule has 3 heteroatoms. The zero-order valence-corrected chi connectivity index (χ0v) is 19.7. The Labute approximate surface area is 212 Å². The Kier molecular flexibility index (Phi) is 4.01. The Hall–Kier alpha value is -5.20. The van der Waals surface area contributed by atoms with Crippen molar-refractivity contribution in [2.24, 2.45) is 0 Å². The lowest BCUT2D eigenvalue weighted by Gasteiger charge is -2.14. The molecule has 3 nitrogen and oxygen atoms in total. The first-order chi connectivity index (χ1) is 18.2. The van der Waals surface area contributed by atoms with E-state index in [0.717, 1.165) is 38.6 Å². The van der Waals surface area contributed by atoms with Crippen LogP contribution in [0.5, 0.6) is 0 Å². The highest BCUT2D eigenvalue weighted by Crippen LogP contribution is 2.40. The van der Waals surface area contributed by atoms with Gasteiger partial charge < -0.3 is 4.42 Å². The molecule has 0 aliphatic carbocycles. The van der Waals surface area contributed by atoms with E-state index in [1.165, 1.54) is 37.9 Å². The van der Waals surface area contributed by atoms with Crippen molar-refractivity contribution in [1.82, 2.24) is 4.98 Å². The van der Waals surface area contributed by atoms with Gasteiger partial charge in [-0.05, 0) is 110 Å². The fourth-order valence-electron chi connectivity index (χ4n) is 5.73. The van der Waals surface area contributed by atoms with E-state index in [4.69, 9.17) is 4.42 Å². The summed E-state index contributed by atoms with van der Waals surface area (Å²) in [7, 11) is 0. The summed E-state index contributed by atoms with van der Waals surface area (Å²) in [5.74, 6) is 0. The number of aromatic nitrogens is 1. The molecule has 0 spiro atoms. The van der Waals surface area contributed by atoms with E-state index in [-0.39, 0.29) is 0 Å². The van der Waals surface area contributed by atoms with Crippen LogP contribution in [-0.2, 0) is 0 Å². The highest BCUT2D eigenvalue weighted by Gasteiger charge is 2.14. The minimum atomic E-state index is 0.634. The fourth-order valence-corrected chi connectivity index (χ4v) is 5.73. The molecule has 8 aromatic rings. The highest BCUT2D eigenvalue weighted by molar-refractivity contribution is 6.24. The molecule has 0 saturated carbocycles. The topological polar surface area (TPSA) is 49.8 Å². The van der Waals surface area contributed by atoms with Gasteiger partial charge in [-0.2, -0.15) is 5.26 Å². The third-order valence-corrected chi connectivity index (χ3v) is 7.46. The van der Waals surface area contributed by atoms with Gasteiger partial charge in [-0.25, -0.2) is 0 Å². The van der Waals surface area contributed by atoms with E-state index in [0.29, 0.717) is 5.56 Å². The third kappa shape index (κ3) is 2.97. The van der Waals surface area contributed by atoms with E-state index in [2.05, 4.69) is 77.8 Å². The monoisotopic (exact) mass is 470 g/mol. The van der Waals surface area contributed by atoms with E-state index in [1.54, 1.807) is 6.07 Å². The first-order valence-corrected chi connectivity index (χ1v) is 12.2. The van der Waals surface area contributed by atoms with E-state index in [1.807, 2.05) is 36.7 Å². The van der Waals surface area contributed by atoms with Gasteiger partial charge in [0.25, 0.3) is 0 Å². The number of nitrogens with zero attached hydrogens (tertiary/aromatic N) is 2. The van der Waals surface area contributed by atoms with Crippen LogP contribution in [0.1, 0.15) is 5.56 Å². The van der Waals surface area contributed by atoms with Crippen LogP contribution in [0.15, 0.2) is 114 Å². The maximum absolute atomic E-state index is 9.36. The lowest BCUT2D eigenvalue weighted by Crippen LogP contribution is -1.88. The molecule has 170 valence electrons. The fraction of sp³-hybridized carbons (Fsp3) is 0. The lowest BCUT2D eigenvalue weighted by molar-refractivity contribution is 0.669. The van der Waals surface area contributed by atoms with E-state index >= 15 is 0 Å². The van der Waals surface area contributed by atoms with E-state index < -0.39 is 0 Å². The van der Waals surface area contributed by atoms with Crippen LogP contribution in [-0.4, -0.2) is 4.98 Å². The summed E-state index contributed by atoms with van der Waals surface area (Å²) in [5, 5.41) is 18.9. The molecule has 0 N–H and O–H groups in total. The Morgan fingerprint density at radius 3 is 1.76 bits per heavy atom. The van der Waals surface area contributed by atoms with Gasteiger partial charge in [0.1, 0.15) is 11.2 Å². The number of benzene rings is 6. The number of pyridine rings is 1. The average Bonchev–Trinajstić information content (AvgIpc) is 3.33. The molecular weight excluding hydrogens is 452 g/mol. The highest BCUT2D eigenvalue weighted by atomic mass is 16.3. The van der Waals surface area contributed by atoms with Gasteiger partial charge in [0, 0.05) is 28.7 Å². The maximum Gasteiger partial charge on any atom is 0.135 e. The van der Waals surface area contributed by atoms with Crippen molar-refractivity contribution >= 4 is 54.3 Å². The molecule has 37 heavy (non-hydrogen) atoms. The zero-order valence-electron chi connectivity index (χ0n) is 19.7. The summed E-state index contributed by atoms with van der Waals surface area (Å²) in [6, 6.07) is 36.2. The SMILES string of the molecule is N#Cc1ccc2oc3ccc(-c4cc5ccc6cc(-c7cccnc7)cc7ccc(c4)c5c67)cc3c2c1. The van der Waals surface area contributed by atoms with Gasteiger partial charge >= 0.3 is 0 Å². The second kappa shape index (κ2) is 7.40. The molecule has 2 heterocycles. The molecule has 0 atom stereocenters. The largest absolute Gasteiger partial charge is 0.456 e. The minimum absolute atomic E-state index is 0.634. The van der Waals surface area contributed by atoms with Crippen molar-refractivity contribution in [2.75, 3.05) is 0 Å². The normalized spacial score (nSPS) is 11.8. The quantitative estimate of drug-likeness (QED) is 0.237. The molecule has 6 aromatic carbocycles. The molecule has 0 unspecified atom stereocenters. The van der Waals surface area contributed by atoms with Gasteiger partial charge in [-0.3, -0.25) is 4.98 Å². The molecule has 0 fully saturated rings. The summed E-state index contributed by atoms with van der Waals surface area (Å²) < 4.78 is 6.03. The van der Waals surface area contributed by atoms with Gasteiger partial charge in [0.2, 0.25) is 0 Å². The van der Waals surface area contributed by atoms with Crippen molar-refractivity contribution in [3.05, 3.63) is 115 Å². The average molecular weight is 471 g/mol. The van der Waals surface area contributed by atoms with Crippen LogP contribution in [0.2, 0.25) is 0 Å². The van der Waals surface area contributed by atoms with Crippen molar-refractivity contribution in [3.8, 4) is 28.3 Å². The van der Waals surface area contributed by atoms with E-state index in [9.17, 15) is 5.26 Å². The summed E-state index contributed by atoms with van der Waals surface area (Å²) in [5.41, 5.74) is 6.86. The number of furan rings is 1. The van der Waals surface area contributed by atoms with Crippen molar-refractivity contribution in [1.29, 1.82) is 5.26 Å². The molecule has 0 saturated heterocycles. The second-order valence-corrected chi connectivity index (χ2v) is 9.60. The third-order valence-electron chi connectivity index (χ3n) is 7.46. The molecular formula is C34H18N2O. The number of hydrogen-bond donors (Lipinski definition) is 0. The summed E-state index contributed by atoms with van der Waals surface area (Å²) in [4.78, 5) is 4.30. The van der Waals surface area contributed by atoms with Crippen LogP contribution >= 0.6 is 0 Å². The van der Waals surface area contributed by atoms with Crippen LogP contribution in [0.25, 0.3) is 76.5 Å². The standard InChI is InChI=1S/C34H18N2O/c35-18-20-3-9-31-29(12-20)30-17-21(8-10-32(30)37-31)27-13-22-4-6-24-15-28(26-2-1-11-36-19-26)16-25-7-5-23(14-27)33(22)34(24)25/h1-17,19H. The number of fused-ring (bicyclic) bond motifs is 3. The maximum atomic E-state index is 9.36. The summed E-state index contributed by atoms with van der Waals surface area (Å²) in [6.07, 6.45) is 3.72. The second-order valence-electron chi connectivity index (χ2n) is 9.60. The Morgan fingerprint density at radius 1 is 0.568 bits per heavy atom. The number of hydrogen-bond acceptors (Lipinski definition) is 3. The van der Waals surface area contributed by atoms with Crippen molar-refractivity contribution < 1.29 is 4.42 Å². The number of nitriles is 1. The van der Waals surface area contributed by atoms with Crippen molar-refractivity contribution in [3.63, 3.8) is 0 Å². The number of rotatable bonds is 2. The Morgan fingerprint density at radius 2 is 1.16 bits per heavy atom. The predicted molar refractivity (Wildman–Crippen MR) is 151 cm³/mol. The first-order valence-electron chi connectivity index (χ1n) is 12.2. The van der Waals surface area contributed by atoms with Crippen LogP contribution in [0, 0.1) is 11.3 Å². The molecule has 2 aromatic heterocycles.